The maximum Gasteiger partial charge on any atom is 0.137 e. The highest BCUT2D eigenvalue weighted by atomic mass is 16.3. The van der Waals surface area contributed by atoms with Gasteiger partial charge >= 0.3 is 0 Å². The summed E-state index contributed by atoms with van der Waals surface area (Å²) in [4.78, 5) is 0. The Kier molecular flexibility index (Phi) is 6.52. The first-order valence-corrected chi connectivity index (χ1v) is 22.6. The Labute approximate surface area is 375 Å². The molecule has 0 unspecified atom stereocenters. The minimum Gasteiger partial charge on any atom is -0.456 e. The molecule has 4 aromatic heterocycles. The molecule has 0 atom stereocenters. The molecule has 0 aliphatic carbocycles. The van der Waals surface area contributed by atoms with Gasteiger partial charge in [-0.25, -0.2) is 0 Å². The molecule has 0 fully saturated rings. The van der Waals surface area contributed by atoms with Gasteiger partial charge in [-0.15, -0.1) is 0 Å². The van der Waals surface area contributed by atoms with E-state index >= 15 is 0 Å². The summed E-state index contributed by atoms with van der Waals surface area (Å²) in [5.74, 6) is 0. The predicted octanol–water partition coefficient (Wildman–Crippen LogP) is 17.4. The Morgan fingerprint density at radius 3 is 0.909 bits per heavy atom. The summed E-state index contributed by atoms with van der Waals surface area (Å²) >= 11 is 0. The fraction of sp³-hybridized carbons (Fsp3) is 0. The van der Waals surface area contributed by atoms with Crippen LogP contribution in [0.4, 0.5) is 0 Å². The molecule has 0 spiro atoms. The second-order valence-corrected chi connectivity index (χ2v) is 18.0. The first kappa shape index (κ1) is 34.6. The number of fused-ring (bicyclic) bond motifs is 21. The highest BCUT2D eigenvalue weighted by Crippen LogP contribution is 2.44. The van der Waals surface area contributed by atoms with Crippen molar-refractivity contribution in [1.82, 2.24) is 9.13 Å². The van der Waals surface area contributed by atoms with Crippen LogP contribution in [0, 0.1) is 0 Å². The van der Waals surface area contributed by atoms with E-state index in [0.717, 1.165) is 66.0 Å². The van der Waals surface area contributed by atoms with Crippen LogP contribution in [0.3, 0.4) is 0 Å². The second-order valence-electron chi connectivity index (χ2n) is 18.0. The first-order chi connectivity index (χ1) is 32.7. The van der Waals surface area contributed by atoms with Crippen LogP contribution < -0.4 is 0 Å². The second kappa shape index (κ2) is 12.4. The third-order valence-electron chi connectivity index (χ3n) is 14.6. The highest BCUT2D eigenvalue weighted by molar-refractivity contribution is 6.30. The summed E-state index contributed by atoms with van der Waals surface area (Å²) in [6.07, 6.45) is 0. The van der Waals surface area contributed by atoms with Crippen molar-refractivity contribution in [2.45, 2.75) is 0 Å². The van der Waals surface area contributed by atoms with Gasteiger partial charge in [0.2, 0.25) is 0 Å². The summed E-state index contributed by atoms with van der Waals surface area (Å²) in [6.45, 7) is 0. The number of aromatic nitrogens is 2. The molecule has 0 bridgehead atoms. The van der Waals surface area contributed by atoms with Gasteiger partial charge in [-0.1, -0.05) is 121 Å². The van der Waals surface area contributed by atoms with Gasteiger partial charge in [0.1, 0.15) is 22.3 Å². The van der Waals surface area contributed by atoms with Crippen LogP contribution in [0.1, 0.15) is 0 Å². The molecule has 0 radical (unpaired) electrons. The third kappa shape index (κ3) is 4.52. The average Bonchev–Trinajstić information content (AvgIpc) is 4.11. The lowest BCUT2D eigenvalue weighted by Gasteiger charge is -2.08. The van der Waals surface area contributed by atoms with E-state index in [2.05, 4.69) is 215 Å². The largest absolute Gasteiger partial charge is 0.456 e. The van der Waals surface area contributed by atoms with Gasteiger partial charge in [0.05, 0.1) is 22.1 Å². The zero-order valence-corrected chi connectivity index (χ0v) is 35.3. The van der Waals surface area contributed by atoms with Gasteiger partial charge < -0.3 is 18.0 Å². The molecule has 4 heteroatoms. The van der Waals surface area contributed by atoms with Gasteiger partial charge in [-0.2, -0.15) is 0 Å². The normalized spacial score (nSPS) is 12.5. The van der Waals surface area contributed by atoms with Gasteiger partial charge in [0.25, 0.3) is 0 Å². The molecule has 66 heavy (non-hydrogen) atoms. The van der Waals surface area contributed by atoms with Crippen molar-refractivity contribution < 1.29 is 8.83 Å². The molecule has 0 aliphatic heterocycles. The number of hydrogen-bond acceptors (Lipinski definition) is 2. The minimum atomic E-state index is 0.859. The standard InChI is InChI=1S/C62H34N2O2/c1-5-13-43-35(9-1)17-25-51-59(43)60-44-14-6-2-10-36(44)18-26-52(60)63(51)41-21-23-47-49-29-39-30-50-48-24-22-42(34-58(48)66-56(50)32-40(39)31-55(49)65-57(47)33-41)64-53-27-19-37-11-3-7-15-45(37)61(53)62-46-16-8-4-12-38(46)20-28-54(62)64/h1-34H. The molecule has 0 saturated heterocycles. The van der Waals surface area contributed by atoms with E-state index in [9.17, 15) is 0 Å². The van der Waals surface area contributed by atoms with Gasteiger partial charge in [-0.05, 0) is 127 Å². The lowest BCUT2D eigenvalue weighted by atomic mass is 10.00. The fourth-order valence-electron chi connectivity index (χ4n) is 11.7. The van der Waals surface area contributed by atoms with E-state index in [4.69, 9.17) is 8.83 Å². The summed E-state index contributed by atoms with van der Waals surface area (Å²) in [6, 6.07) is 75.3. The summed E-state index contributed by atoms with van der Waals surface area (Å²) in [5, 5.41) is 21.7. The van der Waals surface area contributed by atoms with E-state index in [1.165, 1.54) is 86.7 Å². The van der Waals surface area contributed by atoms with Crippen LogP contribution in [-0.2, 0) is 0 Å². The smallest absolute Gasteiger partial charge is 0.137 e. The Balaban J connectivity index is 0.856. The molecular formula is C62H34N2O2. The van der Waals surface area contributed by atoms with Gasteiger partial charge in [-0.3, -0.25) is 0 Å². The number of benzene rings is 12. The van der Waals surface area contributed by atoms with Crippen LogP contribution in [0.2, 0.25) is 0 Å². The van der Waals surface area contributed by atoms with Crippen LogP contribution in [0.15, 0.2) is 215 Å². The number of nitrogens with zero attached hydrogens (tertiary/aromatic N) is 2. The zero-order chi connectivity index (χ0) is 42.8. The molecule has 4 heterocycles. The molecule has 16 rings (SSSR count). The SMILES string of the molecule is c1ccc2c(c1)ccc1c2c2c3ccccc3ccc2n1-c1ccc2c(c1)oc1cc3cc4oc5cc(-n6c7ccc8ccccc8c7c7c8ccccc8ccc76)ccc5c4cc3cc12. The summed E-state index contributed by atoms with van der Waals surface area (Å²) in [7, 11) is 0. The molecule has 0 aliphatic rings. The maximum atomic E-state index is 6.77. The van der Waals surface area contributed by atoms with Gasteiger partial charge in [0.15, 0.2) is 0 Å². The molecule has 0 saturated carbocycles. The molecule has 0 N–H and O–H groups in total. The summed E-state index contributed by atoms with van der Waals surface area (Å²) < 4.78 is 18.3. The molecule has 4 nitrogen and oxygen atoms in total. The van der Waals surface area contributed by atoms with Crippen molar-refractivity contribution in [2.75, 3.05) is 0 Å². The quantitative estimate of drug-likeness (QED) is 0.174. The Hall–Kier alpha value is -8.86. The third-order valence-corrected chi connectivity index (χ3v) is 14.6. The maximum absolute atomic E-state index is 6.77. The van der Waals surface area contributed by atoms with Crippen LogP contribution in [-0.4, -0.2) is 9.13 Å². The van der Waals surface area contributed by atoms with E-state index in [1.54, 1.807) is 0 Å². The van der Waals surface area contributed by atoms with E-state index in [1.807, 2.05) is 0 Å². The molecule has 304 valence electrons. The van der Waals surface area contributed by atoms with Crippen molar-refractivity contribution in [3.63, 3.8) is 0 Å². The lowest BCUT2D eigenvalue weighted by molar-refractivity contribution is 0.668. The fourth-order valence-corrected chi connectivity index (χ4v) is 11.7. The zero-order valence-electron chi connectivity index (χ0n) is 35.3. The van der Waals surface area contributed by atoms with Crippen molar-refractivity contribution in [1.29, 1.82) is 0 Å². The topological polar surface area (TPSA) is 36.1 Å². The first-order valence-electron chi connectivity index (χ1n) is 22.6. The average molecular weight is 839 g/mol. The van der Waals surface area contributed by atoms with Crippen LogP contribution in [0.5, 0.6) is 0 Å². The Morgan fingerprint density at radius 1 is 0.227 bits per heavy atom. The van der Waals surface area contributed by atoms with Crippen LogP contribution in [0.25, 0.3) is 153 Å². The molecular weight excluding hydrogens is 805 g/mol. The predicted molar refractivity (Wildman–Crippen MR) is 277 cm³/mol. The number of furan rings is 2. The van der Waals surface area contributed by atoms with Crippen molar-refractivity contribution in [3.05, 3.63) is 206 Å². The Bertz CT molecular complexity index is 4340. The highest BCUT2D eigenvalue weighted by Gasteiger charge is 2.21. The van der Waals surface area contributed by atoms with E-state index in [0.29, 0.717) is 0 Å². The van der Waals surface area contributed by atoms with E-state index in [-0.39, 0.29) is 0 Å². The molecule has 16 aromatic rings. The van der Waals surface area contributed by atoms with Crippen molar-refractivity contribution >= 4 is 141 Å². The lowest BCUT2D eigenvalue weighted by Crippen LogP contribution is -1.93. The number of rotatable bonds is 2. The monoisotopic (exact) mass is 838 g/mol. The number of hydrogen-bond donors (Lipinski definition) is 0. The van der Waals surface area contributed by atoms with Crippen molar-refractivity contribution in [2.24, 2.45) is 0 Å². The Morgan fingerprint density at radius 2 is 0.545 bits per heavy atom. The van der Waals surface area contributed by atoms with E-state index < -0.39 is 0 Å². The van der Waals surface area contributed by atoms with Crippen molar-refractivity contribution in [3.8, 4) is 11.4 Å². The molecule has 0 amide bonds. The minimum absolute atomic E-state index is 0.859. The molecule has 12 aromatic carbocycles. The summed E-state index contributed by atoms with van der Waals surface area (Å²) in [5.41, 5.74) is 10.3. The van der Waals surface area contributed by atoms with Gasteiger partial charge in [0, 0.05) is 66.6 Å². The van der Waals surface area contributed by atoms with Crippen LogP contribution >= 0.6 is 0 Å².